The number of hydrogen-bond donors (Lipinski definition) is 1. The molecule has 1 saturated carbocycles. The van der Waals surface area contributed by atoms with Gasteiger partial charge < -0.3 is 5.73 Å². The summed E-state index contributed by atoms with van der Waals surface area (Å²) in [7, 11) is 1.93. The van der Waals surface area contributed by atoms with E-state index in [1.165, 1.54) is 23.2 Å². The number of rotatable bonds is 3. The van der Waals surface area contributed by atoms with Crippen molar-refractivity contribution in [1.29, 1.82) is 0 Å². The molecule has 94 valence electrons. The predicted molar refractivity (Wildman–Crippen MR) is 73.5 cm³/mol. The summed E-state index contributed by atoms with van der Waals surface area (Å²) in [5, 5.41) is 4.61. The maximum Gasteiger partial charge on any atom is 0.124 e. The average Bonchev–Trinajstić information content (AvgIpc) is 3.14. The topological polar surface area (TPSA) is 43.8 Å². The molecule has 1 fully saturated rings. The van der Waals surface area contributed by atoms with Crippen LogP contribution in [-0.2, 0) is 13.5 Å². The van der Waals surface area contributed by atoms with Crippen molar-refractivity contribution in [2.24, 2.45) is 7.05 Å². The lowest BCUT2D eigenvalue weighted by atomic mass is 10.0. The molecule has 3 nitrogen and oxygen atoms in total. The van der Waals surface area contributed by atoms with Crippen molar-refractivity contribution in [3.63, 3.8) is 0 Å². The molecule has 0 amide bonds. The minimum Gasteiger partial charge on any atom is -0.384 e. The van der Waals surface area contributed by atoms with E-state index in [0.29, 0.717) is 11.8 Å². The molecule has 1 aromatic heterocycles. The fraction of sp³-hybridized carbons (Fsp3) is 0.400. The molecule has 2 N–H and O–H groups in total. The number of aromatic nitrogens is 2. The fourth-order valence-electron chi connectivity index (χ4n) is 2.83. The summed E-state index contributed by atoms with van der Waals surface area (Å²) in [5.74, 6) is 2.02. The minimum absolute atomic E-state index is 0.561. The molecular formula is C15H19N3. The summed E-state index contributed by atoms with van der Waals surface area (Å²) < 4.78 is 1.81. The standard InChI is InChI=1S/C15H19N3/c1-3-11-14(17-18(2)15(11)16)13-9-12(13)10-7-5-4-6-8-10/h4-8,12-13H,3,9,16H2,1-2H3. The lowest BCUT2D eigenvalue weighted by molar-refractivity contribution is 0.749. The Hall–Kier alpha value is -1.77. The Morgan fingerprint density at radius 1 is 1.28 bits per heavy atom. The summed E-state index contributed by atoms with van der Waals surface area (Å²) in [5.41, 5.74) is 9.94. The number of nitrogen functional groups attached to an aromatic ring is 1. The molecule has 0 saturated heterocycles. The molecular weight excluding hydrogens is 222 g/mol. The Morgan fingerprint density at radius 3 is 2.67 bits per heavy atom. The average molecular weight is 241 g/mol. The summed E-state index contributed by atoms with van der Waals surface area (Å²) in [4.78, 5) is 0. The van der Waals surface area contributed by atoms with Crippen LogP contribution in [0.1, 0.15) is 42.0 Å². The third kappa shape index (κ3) is 1.70. The van der Waals surface area contributed by atoms with Gasteiger partial charge in [0.1, 0.15) is 5.82 Å². The Balaban J connectivity index is 1.89. The molecule has 1 aliphatic rings. The number of hydrogen-bond acceptors (Lipinski definition) is 2. The quantitative estimate of drug-likeness (QED) is 0.898. The van der Waals surface area contributed by atoms with Crippen LogP contribution in [-0.4, -0.2) is 9.78 Å². The van der Waals surface area contributed by atoms with Crippen molar-refractivity contribution < 1.29 is 0 Å². The van der Waals surface area contributed by atoms with E-state index in [4.69, 9.17) is 5.73 Å². The van der Waals surface area contributed by atoms with E-state index in [-0.39, 0.29) is 0 Å². The molecule has 3 rings (SSSR count). The zero-order chi connectivity index (χ0) is 12.7. The van der Waals surface area contributed by atoms with Gasteiger partial charge in [-0.15, -0.1) is 0 Å². The van der Waals surface area contributed by atoms with Gasteiger partial charge in [-0.1, -0.05) is 37.3 Å². The van der Waals surface area contributed by atoms with Crippen molar-refractivity contribution in [2.75, 3.05) is 5.73 Å². The third-order valence-electron chi connectivity index (χ3n) is 3.95. The molecule has 18 heavy (non-hydrogen) atoms. The lowest BCUT2D eigenvalue weighted by Gasteiger charge is -2.00. The molecule has 2 unspecified atom stereocenters. The molecule has 1 aromatic carbocycles. The fourth-order valence-corrected chi connectivity index (χ4v) is 2.83. The van der Waals surface area contributed by atoms with Gasteiger partial charge in [0.15, 0.2) is 0 Å². The van der Waals surface area contributed by atoms with Crippen LogP contribution in [0.15, 0.2) is 30.3 Å². The van der Waals surface area contributed by atoms with E-state index in [1.807, 2.05) is 11.7 Å². The van der Waals surface area contributed by atoms with Crippen molar-refractivity contribution >= 4 is 5.82 Å². The van der Waals surface area contributed by atoms with Gasteiger partial charge in [-0.05, 0) is 24.3 Å². The van der Waals surface area contributed by atoms with Crippen molar-refractivity contribution in [2.45, 2.75) is 31.6 Å². The van der Waals surface area contributed by atoms with Crippen LogP contribution in [0.2, 0.25) is 0 Å². The van der Waals surface area contributed by atoms with Gasteiger partial charge in [0, 0.05) is 18.5 Å². The zero-order valence-corrected chi connectivity index (χ0v) is 10.9. The Morgan fingerprint density at radius 2 is 2.00 bits per heavy atom. The molecule has 0 bridgehead atoms. The first-order chi connectivity index (χ1) is 8.72. The van der Waals surface area contributed by atoms with Crippen molar-refractivity contribution in [3.8, 4) is 0 Å². The van der Waals surface area contributed by atoms with E-state index in [0.717, 1.165) is 12.2 Å². The van der Waals surface area contributed by atoms with Gasteiger partial charge in [0.05, 0.1) is 5.69 Å². The first-order valence-corrected chi connectivity index (χ1v) is 6.58. The summed E-state index contributed by atoms with van der Waals surface area (Å²) in [6.07, 6.45) is 2.17. The number of benzene rings is 1. The molecule has 0 spiro atoms. The largest absolute Gasteiger partial charge is 0.384 e. The van der Waals surface area contributed by atoms with Gasteiger partial charge >= 0.3 is 0 Å². The Bertz CT molecular complexity index is 557. The highest BCUT2D eigenvalue weighted by Crippen LogP contribution is 2.55. The van der Waals surface area contributed by atoms with Crippen LogP contribution in [0.4, 0.5) is 5.82 Å². The molecule has 3 heteroatoms. The van der Waals surface area contributed by atoms with Gasteiger partial charge in [0.2, 0.25) is 0 Å². The Labute approximate surface area is 108 Å². The van der Waals surface area contributed by atoms with Gasteiger partial charge in [-0.3, -0.25) is 4.68 Å². The van der Waals surface area contributed by atoms with Crippen molar-refractivity contribution in [3.05, 3.63) is 47.2 Å². The predicted octanol–water partition coefficient (Wildman–Crippen LogP) is 2.84. The summed E-state index contributed by atoms with van der Waals surface area (Å²) in [6.45, 7) is 2.15. The molecule has 0 radical (unpaired) electrons. The van der Waals surface area contributed by atoms with E-state index >= 15 is 0 Å². The second-order valence-corrected chi connectivity index (χ2v) is 5.09. The van der Waals surface area contributed by atoms with Gasteiger partial charge in [-0.25, -0.2) is 0 Å². The molecule has 2 aromatic rings. The van der Waals surface area contributed by atoms with Crippen LogP contribution < -0.4 is 5.73 Å². The first kappa shape index (κ1) is 11.3. The monoisotopic (exact) mass is 241 g/mol. The maximum atomic E-state index is 6.06. The van der Waals surface area contributed by atoms with Crippen LogP contribution in [0.5, 0.6) is 0 Å². The highest BCUT2D eigenvalue weighted by Gasteiger charge is 2.42. The van der Waals surface area contributed by atoms with E-state index in [9.17, 15) is 0 Å². The highest BCUT2D eigenvalue weighted by molar-refractivity contribution is 5.48. The van der Waals surface area contributed by atoms with Crippen LogP contribution in [0, 0.1) is 0 Å². The van der Waals surface area contributed by atoms with Gasteiger partial charge in [0.25, 0.3) is 0 Å². The van der Waals surface area contributed by atoms with E-state index in [1.54, 1.807) is 0 Å². The van der Waals surface area contributed by atoms with Crippen LogP contribution >= 0.6 is 0 Å². The SMILES string of the molecule is CCc1c(C2CC2c2ccccc2)nn(C)c1N. The third-order valence-corrected chi connectivity index (χ3v) is 3.95. The van der Waals surface area contributed by atoms with E-state index in [2.05, 4.69) is 42.4 Å². The normalized spacial score (nSPS) is 22.1. The molecule has 1 aliphatic carbocycles. The summed E-state index contributed by atoms with van der Waals surface area (Å²) >= 11 is 0. The van der Waals surface area contributed by atoms with Crippen molar-refractivity contribution in [1.82, 2.24) is 9.78 Å². The van der Waals surface area contributed by atoms with Gasteiger partial charge in [-0.2, -0.15) is 5.10 Å². The smallest absolute Gasteiger partial charge is 0.124 e. The van der Waals surface area contributed by atoms with Crippen LogP contribution in [0.25, 0.3) is 0 Å². The number of nitrogens with zero attached hydrogens (tertiary/aromatic N) is 2. The molecule has 2 atom stereocenters. The van der Waals surface area contributed by atoms with Crippen LogP contribution in [0.3, 0.4) is 0 Å². The minimum atomic E-state index is 0.561. The lowest BCUT2D eigenvalue weighted by Crippen LogP contribution is -1.98. The number of anilines is 1. The highest BCUT2D eigenvalue weighted by atomic mass is 15.3. The summed E-state index contributed by atoms with van der Waals surface area (Å²) in [6, 6.07) is 10.7. The second-order valence-electron chi connectivity index (χ2n) is 5.09. The first-order valence-electron chi connectivity index (χ1n) is 6.58. The second kappa shape index (κ2) is 4.16. The van der Waals surface area contributed by atoms with E-state index < -0.39 is 0 Å². The Kier molecular flexibility index (Phi) is 2.62. The molecule has 0 aliphatic heterocycles. The number of nitrogens with two attached hydrogens (primary N) is 1. The molecule has 1 heterocycles. The number of aryl methyl sites for hydroxylation is 1. The zero-order valence-electron chi connectivity index (χ0n) is 10.9. The maximum absolute atomic E-state index is 6.06.